The molecule has 0 spiro atoms. The molecule has 1 N–H and O–H groups in total. The van der Waals surface area contributed by atoms with Crippen LogP contribution in [0.5, 0.6) is 0 Å². The number of nitrogens with zero attached hydrogens (tertiary/aromatic N) is 3. The SMILES string of the molecule is Cc1nn(C)c2nc(-c3ccccc3)cc(C(=O)NC(C)c3ccccc3)c12. The second kappa shape index (κ2) is 7.27. The summed E-state index contributed by atoms with van der Waals surface area (Å²) < 4.78 is 1.73. The third kappa shape index (κ3) is 3.27. The Morgan fingerprint density at radius 2 is 1.68 bits per heavy atom. The highest BCUT2D eigenvalue weighted by Gasteiger charge is 2.20. The first-order chi connectivity index (χ1) is 13.5. The molecular weight excluding hydrogens is 348 g/mol. The smallest absolute Gasteiger partial charge is 0.252 e. The maximum Gasteiger partial charge on any atom is 0.252 e. The molecule has 28 heavy (non-hydrogen) atoms. The van der Waals surface area contributed by atoms with Gasteiger partial charge in [0, 0.05) is 12.6 Å². The Morgan fingerprint density at radius 3 is 2.36 bits per heavy atom. The van der Waals surface area contributed by atoms with Gasteiger partial charge in [-0.2, -0.15) is 5.10 Å². The molecule has 5 nitrogen and oxygen atoms in total. The fraction of sp³-hybridized carbons (Fsp3) is 0.174. The molecule has 2 heterocycles. The number of pyridine rings is 1. The van der Waals surface area contributed by atoms with Crippen LogP contribution in [0.2, 0.25) is 0 Å². The lowest BCUT2D eigenvalue weighted by atomic mass is 10.0. The van der Waals surface area contributed by atoms with E-state index in [4.69, 9.17) is 4.98 Å². The zero-order chi connectivity index (χ0) is 19.7. The van der Waals surface area contributed by atoms with E-state index in [2.05, 4.69) is 10.4 Å². The molecule has 2 aromatic heterocycles. The van der Waals surface area contributed by atoms with Gasteiger partial charge in [-0.1, -0.05) is 60.7 Å². The van der Waals surface area contributed by atoms with Gasteiger partial charge in [-0.25, -0.2) is 4.98 Å². The van der Waals surface area contributed by atoms with Gasteiger partial charge < -0.3 is 5.32 Å². The molecule has 0 saturated carbocycles. The van der Waals surface area contributed by atoms with E-state index >= 15 is 0 Å². The lowest BCUT2D eigenvalue weighted by Crippen LogP contribution is -2.27. The van der Waals surface area contributed by atoms with E-state index < -0.39 is 0 Å². The van der Waals surface area contributed by atoms with E-state index in [1.165, 1.54) is 0 Å². The summed E-state index contributed by atoms with van der Waals surface area (Å²) in [6.07, 6.45) is 0. The van der Waals surface area contributed by atoms with E-state index in [-0.39, 0.29) is 11.9 Å². The van der Waals surface area contributed by atoms with Crippen molar-refractivity contribution < 1.29 is 4.79 Å². The Balaban J connectivity index is 1.79. The van der Waals surface area contributed by atoms with Crippen LogP contribution in [0.1, 0.15) is 34.6 Å². The van der Waals surface area contributed by atoms with Crippen LogP contribution < -0.4 is 5.32 Å². The van der Waals surface area contributed by atoms with Gasteiger partial charge >= 0.3 is 0 Å². The molecule has 0 aliphatic rings. The van der Waals surface area contributed by atoms with Crippen LogP contribution in [0, 0.1) is 6.92 Å². The molecular formula is C23H22N4O. The molecule has 0 radical (unpaired) electrons. The van der Waals surface area contributed by atoms with Crippen molar-refractivity contribution in [3.8, 4) is 11.3 Å². The fourth-order valence-corrected chi connectivity index (χ4v) is 3.48. The number of nitrogens with one attached hydrogen (secondary N) is 1. The number of aromatic nitrogens is 3. The van der Waals surface area contributed by atoms with E-state index in [1.54, 1.807) is 4.68 Å². The minimum atomic E-state index is -0.128. The maximum absolute atomic E-state index is 13.2. The molecule has 2 aromatic carbocycles. The number of fused-ring (bicyclic) bond motifs is 1. The summed E-state index contributed by atoms with van der Waals surface area (Å²) in [6.45, 7) is 3.89. The Hall–Kier alpha value is -3.47. The first-order valence-corrected chi connectivity index (χ1v) is 9.30. The van der Waals surface area contributed by atoms with Gasteiger partial charge in [-0.3, -0.25) is 9.48 Å². The molecule has 0 bridgehead atoms. The normalized spacial score (nSPS) is 12.1. The lowest BCUT2D eigenvalue weighted by Gasteiger charge is -2.15. The first-order valence-electron chi connectivity index (χ1n) is 9.30. The third-order valence-corrected chi connectivity index (χ3v) is 4.93. The molecule has 1 unspecified atom stereocenters. The molecule has 0 aliphatic heterocycles. The summed E-state index contributed by atoms with van der Waals surface area (Å²) in [5.41, 5.74) is 4.88. The average Bonchev–Trinajstić information content (AvgIpc) is 3.02. The van der Waals surface area contributed by atoms with E-state index in [0.29, 0.717) is 11.2 Å². The summed E-state index contributed by atoms with van der Waals surface area (Å²) in [5.74, 6) is -0.128. The third-order valence-electron chi connectivity index (χ3n) is 4.93. The maximum atomic E-state index is 13.2. The number of hydrogen-bond donors (Lipinski definition) is 1. The Morgan fingerprint density at radius 1 is 1.04 bits per heavy atom. The van der Waals surface area contributed by atoms with Crippen LogP contribution in [-0.4, -0.2) is 20.7 Å². The summed E-state index contributed by atoms with van der Waals surface area (Å²) in [4.78, 5) is 18.0. The fourth-order valence-electron chi connectivity index (χ4n) is 3.48. The number of carbonyl (C=O) groups excluding carboxylic acids is 1. The van der Waals surface area contributed by atoms with Gasteiger partial charge in [0.25, 0.3) is 5.91 Å². The number of carbonyl (C=O) groups is 1. The minimum absolute atomic E-state index is 0.103. The van der Waals surface area contributed by atoms with E-state index in [0.717, 1.165) is 27.9 Å². The van der Waals surface area contributed by atoms with Gasteiger partial charge in [0.05, 0.1) is 28.4 Å². The summed E-state index contributed by atoms with van der Waals surface area (Å²) in [7, 11) is 1.85. The van der Waals surface area contributed by atoms with Crippen LogP contribution in [-0.2, 0) is 7.05 Å². The Labute approximate surface area is 164 Å². The molecule has 1 atom stereocenters. The molecule has 5 heteroatoms. The van der Waals surface area contributed by atoms with Gasteiger partial charge in [-0.15, -0.1) is 0 Å². The topological polar surface area (TPSA) is 59.8 Å². The number of aryl methyl sites for hydroxylation is 2. The number of hydrogen-bond acceptors (Lipinski definition) is 3. The quantitative estimate of drug-likeness (QED) is 0.578. The van der Waals surface area contributed by atoms with Gasteiger partial charge in [0.2, 0.25) is 0 Å². The Kier molecular flexibility index (Phi) is 4.65. The highest BCUT2D eigenvalue weighted by atomic mass is 16.1. The summed E-state index contributed by atoms with van der Waals surface area (Å²) in [5, 5.41) is 8.39. The standard InChI is InChI=1S/C23H22N4O/c1-15(17-10-6-4-7-11-17)24-23(28)19-14-20(18-12-8-5-9-13-18)25-22-21(19)16(2)26-27(22)3/h4-15H,1-3H3,(H,24,28). The van der Waals surface area contributed by atoms with E-state index in [1.807, 2.05) is 87.6 Å². The molecule has 0 aliphatic carbocycles. The molecule has 1 amide bonds. The van der Waals surface area contributed by atoms with Crippen molar-refractivity contribution in [3.05, 3.63) is 83.6 Å². The molecule has 4 rings (SSSR count). The van der Waals surface area contributed by atoms with Crippen LogP contribution in [0.3, 0.4) is 0 Å². The highest BCUT2D eigenvalue weighted by Crippen LogP contribution is 2.27. The van der Waals surface area contributed by atoms with Crippen LogP contribution in [0.4, 0.5) is 0 Å². The molecule has 140 valence electrons. The highest BCUT2D eigenvalue weighted by molar-refractivity contribution is 6.07. The first kappa shape index (κ1) is 17.9. The van der Waals surface area contributed by atoms with Crippen molar-refractivity contribution in [2.75, 3.05) is 0 Å². The van der Waals surface area contributed by atoms with Gasteiger partial charge in [0.15, 0.2) is 5.65 Å². The van der Waals surface area contributed by atoms with Crippen molar-refractivity contribution in [2.45, 2.75) is 19.9 Å². The van der Waals surface area contributed by atoms with Crippen LogP contribution in [0.15, 0.2) is 66.7 Å². The predicted octanol–water partition coefficient (Wildman–Crippen LogP) is 4.43. The molecule has 0 saturated heterocycles. The monoisotopic (exact) mass is 370 g/mol. The van der Waals surface area contributed by atoms with Crippen LogP contribution in [0.25, 0.3) is 22.3 Å². The zero-order valence-electron chi connectivity index (χ0n) is 16.2. The number of rotatable bonds is 4. The molecule has 4 aromatic rings. The minimum Gasteiger partial charge on any atom is -0.345 e. The van der Waals surface area contributed by atoms with Gasteiger partial charge in [-0.05, 0) is 25.5 Å². The molecule has 0 fully saturated rings. The van der Waals surface area contributed by atoms with Gasteiger partial charge in [0.1, 0.15) is 0 Å². The number of amides is 1. The second-order valence-electron chi connectivity index (χ2n) is 6.93. The number of benzene rings is 2. The largest absolute Gasteiger partial charge is 0.345 e. The van der Waals surface area contributed by atoms with Crippen molar-refractivity contribution in [1.29, 1.82) is 0 Å². The zero-order valence-corrected chi connectivity index (χ0v) is 16.2. The van der Waals surface area contributed by atoms with Crippen molar-refractivity contribution in [2.24, 2.45) is 7.05 Å². The Bertz CT molecular complexity index is 1130. The van der Waals surface area contributed by atoms with Crippen LogP contribution >= 0.6 is 0 Å². The second-order valence-corrected chi connectivity index (χ2v) is 6.93. The predicted molar refractivity (Wildman–Crippen MR) is 111 cm³/mol. The average molecular weight is 370 g/mol. The summed E-state index contributed by atoms with van der Waals surface area (Å²) in [6, 6.07) is 21.6. The lowest BCUT2D eigenvalue weighted by molar-refractivity contribution is 0.0941. The van der Waals surface area contributed by atoms with Crippen molar-refractivity contribution >= 4 is 16.9 Å². The van der Waals surface area contributed by atoms with Crippen molar-refractivity contribution in [3.63, 3.8) is 0 Å². The van der Waals surface area contributed by atoms with E-state index in [9.17, 15) is 4.79 Å². The van der Waals surface area contributed by atoms with Crippen molar-refractivity contribution in [1.82, 2.24) is 20.1 Å². The summed E-state index contributed by atoms with van der Waals surface area (Å²) >= 11 is 0.